The lowest BCUT2D eigenvalue weighted by Gasteiger charge is -2.08. The molecule has 2 aromatic carbocycles. The predicted molar refractivity (Wildman–Crippen MR) is 96.1 cm³/mol. The summed E-state index contributed by atoms with van der Waals surface area (Å²) in [5.74, 6) is -0.000325. The van der Waals surface area contributed by atoms with E-state index in [0.717, 1.165) is 11.1 Å². The van der Waals surface area contributed by atoms with Gasteiger partial charge in [0.05, 0.1) is 7.11 Å². The Morgan fingerprint density at radius 3 is 2.62 bits per heavy atom. The van der Waals surface area contributed by atoms with E-state index in [-0.39, 0.29) is 11.6 Å². The number of hydrogen-bond acceptors (Lipinski definition) is 6. The van der Waals surface area contributed by atoms with Crippen molar-refractivity contribution < 1.29 is 23.8 Å². The molecule has 0 amide bonds. The Balaban J connectivity index is 1.93. The number of ether oxygens (including phenoxy) is 3. The van der Waals surface area contributed by atoms with Gasteiger partial charge in [-0.1, -0.05) is 24.3 Å². The quantitative estimate of drug-likeness (QED) is 0.480. The van der Waals surface area contributed by atoms with Crippen LogP contribution in [0.25, 0.3) is 6.08 Å². The van der Waals surface area contributed by atoms with Crippen LogP contribution in [0.5, 0.6) is 11.5 Å². The fourth-order valence-corrected chi connectivity index (χ4v) is 2.51. The molecule has 1 aliphatic heterocycles. The van der Waals surface area contributed by atoms with Crippen molar-refractivity contribution in [1.29, 1.82) is 0 Å². The molecule has 0 atom stereocenters. The Labute approximate surface area is 150 Å². The molecule has 0 N–H and O–H groups in total. The molecule has 0 spiro atoms. The second-order valence-electron chi connectivity index (χ2n) is 5.65. The van der Waals surface area contributed by atoms with E-state index >= 15 is 0 Å². The zero-order chi connectivity index (χ0) is 18.7. The van der Waals surface area contributed by atoms with Crippen LogP contribution < -0.4 is 9.47 Å². The van der Waals surface area contributed by atoms with Crippen LogP contribution in [0.15, 0.2) is 53.2 Å². The minimum atomic E-state index is -0.522. The van der Waals surface area contributed by atoms with Crippen LogP contribution in [0.1, 0.15) is 23.6 Å². The van der Waals surface area contributed by atoms with Crippen molar-refractivity contribution in [2.24, 2.45) is 4.99 Å². The third-order valence-corrected chi connectivity index (χ3v) is 3.74. The van der Waals surface area contributed by atoms with Crippen molar-refractivity contribution in [2.75, 3.05) is 7.11 Å². The normalized spacial score (nSPS) is 14.8. The number of benzene rings is 2. The summed E-state index contributed by atoms with van der Waals surface area (Å²) in [5, 5.41) is 0. The first-order valence-electron chi connectivity index (χ1n) is 7.93. The van der Waals surface area contributed by atoms with Gasteiger partial charge < -0.3 is 14.2 Å². The molecule has 0 bridgehead atoms. The maximum Gasteiger partial charge on any atom is 0.363 e. The summed E-state index contributed by atoms with van der Waals surface area (Å²) in [5.41, 5.74) is 2.59. The van der Waals surface area contributed by atoms with E-state index in [0.29, 0.717) is 17.1 Å². The van der Waals surface area contributed by atoms with Gasteiger partial charge in [-0.3, -0.25) is 4.79 Å². The monoisotopic (exact) mass is 351 g/mol. The van der Waals surface area contributed by atoms with Gasteiger partial charge in [-0.2, -0.15) is 0 Å². The number of hydrogen-bond donors (Lipinski definition) is 0. The summed E-state index contributed by atoms with van der Waals surface area (Å²) in [6, 6.07) is 12.5. The molecule has 26 heavy (non-hydrogen) atoms. The first-order valence-corrected chi connectivity index (χ1v) is 7.93. The molecule has 6 nitrogen and oxygen atoms in total. The van der Waals surface area contributed by atoms with Crippen molar-refractivity contribution in [3.8, 4) is 11.5 Å². The summed E-state index contributed by atoms with van der Waals surface area (Å²) >= 11 is 0. The van der Waals surface area contributed by atoms with Gasteiger partial charge in [0, 0.05) is 12.5 Å². The average Bonchev–Trinajstić information content (AvgIpc) is 2.96. The zero-order valence-electron chi connectivity index (χ0n) is 14.6. The van der Waals surface area contributed by atoms with Crippen molar-refractivity contribution in [2.45, 2.75) is 13.8 Å². The van der Waals surface area contributed by atoms with Gasteiger partial charge in [0.25, 0.3) is 0 Å². The largest absolute Gasteiger partial charge is 0.493 e. The fourth-order valence-electron chi connectivity index (χ4n) is 2.51. The summed E-state index contributed by atoms with van der Waals surface area (Å²) in [7, 11) is 1.47. The molecule has 0 aromatic heterocycles. The van der Waals surface area contributed by atoms with Crippen LogP contribution >= 0.6 is 0 Å². The first-order chi connectivity index (χ1) is 12.5. The second-order valence-corrected chi connectivity index (χ2v) is 5.65. The van der Waals surface area contributed by atoms with Crippen LogP contribution in [0, 0.1) is 6.92 Å². The molecule has 1 heterocycles. The Bertz CT molecular complexity index is 943. The molecule has 132 valence electrons. The van der Waals surface area contributed by atoms with Gasteiger partial charge in [-0.25, -0.2) is 9.79 Å². The van der Waals surface area contributed by atoms with E-state index in [9.17, 15) is 9.59 Å². The predicted octanol–water partition coefficient (Wildman–Crippen LogP) is 3.27. The standard InChI is InChI=1S/C20H17NO5/c1-12-6-4-5-7-15(12)19-21-16(20(23)26-19)10-14-8-9-17(25-13(2)22)18(11-14)24-3/h4-11H,1-3H3/b16-10-. The van der Waals surface area contributed by atoms with Crippen LogP contribution in [0.4, 0.5) is 0 Å². The van der Waals surface area contributed by atoms with E-state index in [1.807, 2.05) is 31.2 Å². The van der Waals surface area contributed by atoms with Crippen LogP contribution in [-0.2, 0) is 14.3 Å². The highest BCUT2D eigenvalue weighted by Gasteiger charge is 2.25. The second kappa shape index (κ2) is 7.23. The van der Waals surface area contributed by atoms with E-state index in [2.05, 4.69) is 4.99 Å². The molecule has 3 rings (SSSR count). The number of aliphatic imine (C=N–C) groups is 1. The lowest BCUT2D eigenvalue weighted by molar-refractivity contribution is -0.132. The maximum absolute atomic E-state index is 12.1. The van der Waals surface area contributed by atoms with E-state index in [1.165, 1.54) is 14.0 Å². The minimum Gasteiger partial charge on any atom is -0.493 e. The van der Waals surface area contributed by atoms with E-state index in [4.69, 9.17) is 14.2 Å². The maximum atomic E-state index is 12.1. The summed E-state index contributed by atoms with van der Waals surface area (Å²) in [6.45, 7) is 3.23. The molecule has 0 fully saturated rings. The van der Waals surface area contributed by atoms with Crippen molar-refractivity contribution >= 4 is 23.9 Å². The van der Waals surface area contributed by atoms with Crippen LogP contribution in [0.2, 0.25) is 0 Å². The van der Waals surface area contributed by atoms with Gasteiger partial charge in [0.1, 0.15) is 0 Å². The van der Waals surface area contributed by atoms with Crippen molar-refractivity contribution in [3.63, 3.8) is 0 Å². The SMILES string of the molecule is COc1cc(/C=C2\N=C(c3ccccc3C)OC2=O)ccc1OC(C)=O. The zero-order valence-corrected chi connectivity index (χ0v) is 14.6. The third kappa shape index (κ3) is 3.64. The van der Waals surface area contributed by atoms with Gasteiger partial charge in [-0.15, -0.1) is 0 Å². The molecule has 0 saturated carbocycles. The van der Waals surface area contributed by atoms with Crippen LogP contribution in [0.3, 0.4) is 0 Å². The highest BCUT2D eigenvalue weighted by atomic mass is 16.6. The number of carbonyl (C=O) groups is 2. The molecule has 0 aliphatic carbocycles. The molecule has 2 aromatic rings. The number of rotatable bonds is 4. The lowest BCUT2D eigenvalue weighted by atomic mass is 10.1. The fraction of sp³-hybridized carbons (Fsp3) is 0.150. The number of methoxy groups -OCH3 is 1. The molecule has 0 unspecified atom stereocenters. The molecule has 1 aliphatic rings. The summed E-state index contributed by atoms with van der Waals surface area (Å²) in [6.07, 6.45) is 1.59. The molecule has 0 radical (unpaired) electrons. The number of esters is 2. The molecular formula is C20H17NO5. The number of cyclic esters (lactones) is 1. The van der Waals surface area contributed by atoms with Gasteiger partial charge in [0.15, 0.2) is 17.2 Å². The smallest absolute Gasteiger partial charge is 0.363 e. The highest BCUT2D eigenvalue weighted by Crippen LogP contribution is 2.30. The van der Waals surface area contributed by atoms with Gasteiger partial charge in [0.2, 0.25) is 5.90 Å². The number of aryl methyl sites for hydroxylation is 1. The van der Waals surface area contributed by atoms with E-state index in [1.54, 1.807) is 24.3 Å². The Morgan fingerprint density at radius 1 is 1.15 bits per heavy atom. The van der Waals surface area contributed by atoms with Gasteiger partial charge >= 0.3 is 11.9 Å². The van der Waals surface area contributed by atoms with Crippen molar-refractivity contribution in [3.05, 3.63) is 64.9 Å². The highest BCUT2D eigenvalue weighted by molar-refractivity contribution is 6.13. The third-order valence-electron chi connectivity index (χ3n) is 3.74. The average molecular weight is 351 g/mol. The topological polar surface area (TPSA) is 74.2 Å². The van der Waals surface area contributed by atoms with E-state index < -0.39 is 11.9 Å². The van der Waals surface area contributed by atoms with Crippen LogP contribution in [-0.4, -0.2) is 24.9 Å². The summed E-state index contributed by atoms with van der Waals surface area (Å²) in [4.78, 5) is 27.6. The first kappa shape index (κ1) is 17.4. The lowest BCUT2D eigenvalue weighted by Crippen LogP contribution is -2.06. The Morgan fingerprint density at radius 2 is 1.92 bits per heavy atom. The van der Waals surface area contributed by atoms with Crippen molar-refractivity contribution in [1.82, 2.24) is 0 Å². The Hall–Kier alpha value is -3.41. The minimum absolute atomic E-state index is 0.186. The molecule has 0 saturated heterocycles. The number of carbonyl (C=O) groups excluding carboxylic acids is 2. The van der Waals surface area contributed by atoms with Gasteiger partial charge in [-0.05, 0) is 42.3 Å². The molecular weight excluding hydrogens is 334 g/mol. The Kier molecular flexibility index (Phi) is 4.84. The number of nitrogens with zero attached hydrogens (tertiary/aromatic N) is 1. The molecule has 6 heteroatoms. The summed E-state index contributed by atoms with van der Waals surface area (Å²) < 4.78 is 15.6.